The maximum Gasteiger partial charge on any atom is 0.433 e. The van der Waals surface area contributed by atoms with Crippen LogP contribution in [0.15, 0.2) is 54.6 Å². The van der Waals surface area contributed by atoms with Crippen molar-refractivity contribution in [1.82, 2.24) is 14.6 Å². The molecule has 12 heteroatoms. The number of alkyl halides is 5. The first-order chi connectivity index (χ1) is 16.0. The second-order valence-corrected chi connectivity index (χ2v) is 7.16. The Morgan fingerprint density at radius 3 is 2.41 bits per heavy atom. The smallest absolute Gasteiger partial charge is 0.433 e. The summed E-state index contributed by atoms with van der Waals surface area (Å²) in [6.07, 6.45) is -4.86. The number of nitrogens with one attached hydrogen (secondary N) is 1. The molecule has 34 heavy (non-hydrogen) atoms. The van der Waals surface area contributed by atoms with E-state index in [1.54, 1.807) is 6.92 Å². The number of hydrogen-bond acceptors (Lipinski definition) is 4. The number of carbonyl (C=O) groups is 1. The van der Waals surface area contributed by atoms with E-state index in [-0.39, 0.29) is 28.3 Å². The van der Waals surface area contributed by atoms with Gasteiger partial charge in [-0.25, -0.2) is 13.9 Å². The van der Waals surface area contributed by atoms with Gasteiger partial charge in [-0.05, 0) is 55.0 Å². The Bertz CT molecular complexity index is 1370. The molecule has 0 radical (unpaired) electrons. The maximum absolute atomic E-state index is 13.7. The summed E-state index contributed by atoms with van der Waals surface area (Å²) in [5, 5.41) is 6.01. The number of amides is 1. The third-order valence-electron chi connectivity index (χ3n) is 4.69. The number of carbonyl (C=O) groups excluding carboxylic acids is 1. The first-order valence-corrected chi connectivity index (χ1v) is 9.62. The summed E-state index contributed by atoms with van der Waals surface area (Å²) in [4.78, 5) is 16.8. The van der Waals surface area contributed by atoms with Crippen LogP contribution in [0.4, 0.5) is 32.0 Å². The number of anilines is 1. The largest absolute Gasteiger partial charge is 0.433 e. The van der Waals surface area contributed by atoms with Gasteiger partial charge in [-0.3, -0.25) is 4.79 Å². The molecule has 0 fully saturated rings. The van der Waals surface area contributed by atoms with Crippen molar-refractivity contribution in [2.24, 2.45) is 0 Å². The molecule has 0 saturated carbocycles. The molecule has 0 spiro atoms. The molecule has 2 aromatic carbocycles. The van der Waals surface area contributed by atoms with E-state index in [1.165, 1.54) is 30.3 Å². The zero-order chi connectivity index (χ0) is 24.6. The van der Waals surface area contributed by atoms with Crippen LogP contribution >= 0.6 is 0 Å². The number of aromatic nitrogens is 3. The quantitative estimate of drug-likeness (QED) is 0.371. The van der Waals surface area contributed by atoms with Gasteiger partial charge in [0, 0.05) is 11.6 Å². The summed E-state index contributed by atoms with van der Waals surface area (Å²) in [5.74, 6) is -1.86. The summed E-state index contributed by atoms with van der Waals surface area (Å²) in [7, 11) is 0. The third-order valence-corrected chi connectivity index (χ3v) is 4.69. The van der Waals surface area contributed by atoms with E-state index in [4.69, 9.17) is 0 Å². The molecule has 0 aliphatic rings. The van der Waals surface area contributed by atoms with Gasteiger partial charge >= 0.3 is 12.8 Å². The van der Waals surface area contributed by atoms with Crippen molar-refractivity contribution in [2.75, 3.05) is 5.32 Å². The molecular formula is C22H14F6N4O2. The molecule has 0 unspecified atom stereocenters. The average molecular weight is 480 g/mol. The number of benzene rings is 2. The molecule has 4 aromatic rings. The first-order valence-electron chi connectivity index (χ1n) is 9.62. The number of fused-ring (bicyclic) bond motifs is 1. The van der Waals surface area contributed by atoms with Crippen LogP contribution in [0.25, 0.3) is 16.9 Å². The van der Waals surface area contributed by atoms with E-state index in [0.29, 0.717) is 10.1 Å². The number of rotatable bonds is 5. The van der Waals surface area contributed by atoms with Gasteiger partial charge in [0.2, 0.25) is 0 Å². The van der Waals surface area contributed by atoms with Crippen LogP contribution in [0.2, 0.25) is 0 Å². The van der Waals surface area contributed by atoms with E-state index in [1.807, 2.05) is 0 Å². The number of halogens is 6. The monoisotopic (exact) mass is 480 g/mol. The molecule has 4 rings (SSSR count). The minimum absolute atomic E-state index is 0.113. The summed E-state index contributed by atoms with van der Waals surface area (Å²) in [6.45, 7) is -1.54. The van der Waals surface area contributed by atoms with Crippen LogP contribution in [0.5, 0.6) is 5.75 Å². The van der Waals surface area contributed by atoms with Crippen molar-refractivity contribution < 1.29 is 35.9 Å². The minimum Gasteiger partial charge on any atom is -0.433 e. The molecule has 2 aromatic heterocycles. The van der Waals surface area contributed by atoms with E-state index in [9.17, 15) is 31.1 Å². The standard InChI is InChI=1S/C22H14F6N4O2/c1-11-2-7-14(17(8-11)34-21(24)25)30-20(33)16-10-19-29-15(12-3-5-13(23)6-4-12)9-18(22(26,27)28)32(19)31-16/h2-10,21H,1H3,(H,30,33). The molecule has 0 aliphatic heterocycles. The Balaban J connectivity index is 1.75. The molecule has 0 atom stereocenters. The van der Waals surface area contributed by atoms with Crippen LogP contribution < -0.4 is 10.1 Å². The van der Waals surface area contributed by atoms with Gasteiger partial charge in [0.15, 0.2) is 17.0 Å². The molecule has 2 heterocycles. The second kappa shape index (κ2) is 8.69. The van der Waals surface area contributed by atoms with Gasteiger partial charge in [-0.15, -0.1) is 0 Å². The van der Waals surface area contributed by atoms with Crippen LogP contribution in [-0.2, 0) is 6.18 Å². The Kier molecular flexibility index (Phi) is 5.90. The van der Waals surface area contributed by atoms with Crippen LogP contribution in [0, 0.1) is 12.7 Å². The van der Waals surface area contributed by atoms with Gasteiger partial charge < -0.3 is 10.1 Å². The van der Waals surface area contributed by atoms with Gasteiger partial charge in [0.1, 0.15) is 11.6 Å². The molecule has 0 saturated heterocycles. The average Bonchev–Trinajstić information content (AvgIpc) is 3.18. The predicted octanol–water partition coefficient (Wildman–Crippen LogP) is 5.72. The lowest BCUT2D eigenvalue weighted by atomic mass is 10.1. The van der Waals surface area contributed by atoms with Crippen LogP contribution in [-0.4, -0.2) is 27.1 Å². The highest BCUT2D eigenvalue weighted by molar-refractivity contribution is 6.04. The van der Waals surface area contributed by atoms with Gasteiger partial charge in [-0.2, -0.15) is 27.1 Å². The SMILES string of the molecule is Cc1ccc(NC(=O)c2cc3nc(-c4ccc(F)cc4)cc(C(F)(F)F)n3n2)c(OC(F)F)c1. The summed E-state index contributed by atoms with van der Waals surface area (Å²) in [6, 6.07) is 10.5. The highest BCUT2D eigenvalue weighted by Crippen LogP contribution is 2.33. The molecule has 6 nitrogen and oxygen atoms in total. The Morgan fingerprint density at radius 2 is 1.76 bits per heavy atom. The molecule has 0 aliphatic carbocycles. The van der Waals surface area contributed by atoms with Gasteiger partial charge in [0.25, 0.3) is 5.91 Å². The first kappa shape index (κ1) is 23.1. The Labute approximate surface area is 187 Å². The lowest BCUT2D eigenvalue weighted by molar-refractivity contribution is -0.142. The summed E-state index contributed by atoms with van der Waals surface area (Å²) < 4.78 is 84.6. The summed E-state index contributed by atoms with van der Waals surface area (Å²) in [5.41, 5.74) is -1.40. The predicted molar refractivity (Wildman–Crippen MR) is 109 cm³/mol. The lowest BCUT2D eigenvalue weighted by Gasteiger charge is -2.12. The Morgan fingerprint density at radius 1 is 1.06 bits per heavy atom. The van der Waals surface area contributed by atoms with Crippen molar-refractivity contribution in [3.05, 3.63) is 77.4 Å². The van der Waals surface area contributed by atoms with Crippen LogP contribution in [0.1, 0.15) is 21.7 Å². The van der Waals surface area contributed by atoms with E-state index in [2.05, 4.69) is 20.1 Å². The van der Waals surface area contributed by atoms with Crippen molar-refractivity contribution in [3.8, 4) is 17.0 Å². The molecule has 1 amide bonds. The van der Waals surface area contributed by atoms with Crippen molar-refractivity contribution in [2.45, 2.75) is 19.7 Å². The zero-order valence-corrected chi connectivity index (χ0v) is 17.2. The lowest BCUT2D eigenvalue weighted by Crippen LogP contribution is -2.16. The molecular weight excluding hydrogens is 466 g/mol. The van der Waals surface area contributed by atoms with Gasteiger partial charge in [0.05, 0.1) is 11.4 Å². The zero-order valence-electron chi connectivity index (χ0n) is 17.2. The number of aryl methyl sites for hydroxylation is 1. The van der Waals surface area contributed by atoms with E-state index in [0.717, 1.165) is 24.3 Å². The van der Waals surface area contributed by atoms with Crippen LogP contribution in [0.3, 0.4) is 0 Å². The second-order valence-electron chi connectivity index (χ2n) is 7.16. The highest BCUT2D eigenvalue weighted by atomic mass is 19.4. The topological polar surface area (TPSA) is 68.5 Å². The molecule has 0 bridgehead atoms. The fourth-order valence-electron chi connectivity index (χ4n) is 3.17. The van der Waals surface area contributed by atoms with E-state index < -0.39 is 35.9 Å². The number of hydrogen-bond donors (Lipinski definition) is 1. The highest BCUT2D eigenvalue weighted by Gasteiger charge is 2.35. The number of ether oxygens (including phenoxy) is 1. The third kappa shape index (κ3) is 4.80. The maximum atomic E-state index is 13.7. The minimum atomic E-state index is -4.86. The Hall–Kier alpha value is -4.09. The van der Waals surface area contributed by atoms with Gasteiger partial charge in [-0.1, -0.05) is 6.07 Å². The van der Waals surface area contributed by atoms with Crippen molar-refractivity contribution in [1.29, 1.82) is 0 Å². The van der Waals surface area contributed by atoms with Crippen molar-refractivity contribution >= 4 is 17.2 Å². The van der Waals surface area contributed by atoms with E-state index >= 15 is 0 Å². The summed E-state index contributed by atoms with van der Waals surface area (Å²) >= 11 is 0. The fraction of sp³-hybridized carbons (Fsp3) is 0.136. The molecule has 1 N–H and O–H groups in total. The van der Waals surface area contributed by atoms with Crippen molar-refractivity contribution in [3.63, 3.8) is 0 Å². The number of nitrogens with zero attached hydrogens (tertiary/aromatic N) is 3. The normalized spacial score (nSPS) is 11.8. The fourth-order valence-corrected chi connectivity index (χ4v) is 3.17. The molecule has 176 valence electrons.